The van der Waals surface area contributed by atoms with Gasteiger partial charge in [-0.05, 0) is 53.6 Å². The third kappa shape index (κ3) is 3.75. The van der Waals surface area contributed by atoms with Crippen molar-refractivity contribution in [3.63, 3.8) is 0 Å². The molecule has 26 heavy (non-hydrogen) atoms. The van der Waals surface area contributed by atoms with Crippen LogP contribution in [0.4, 0.5) is 8.78 Å². The highest BCUT2D eigenvalue weighted by Crippen LogP contribution is 2.34. The molecular formula is C18H18F2N2O3S. The Balaban J connectivity index is 1.86. The fourth-order valence-electron chi connectivity index (χ4n) is 2.96. The molecule has 0 N–H and O–H groups in total. The maximum Gasteiger partial charge on any atom is 0.290 e. The smallest absolute Gasteiger partial charge is 0.290 e. The number of halogens is 2. The van der Waals surface area contributed by atoms with Crippen molar-refractivity contribution in [2.45, 2.75) is 23.7 Å². The summed E-state index contributed by atoms with van der Waals surface area (Å²) in [5, 5.41) is 0.0469. The van der Waals surface area contributed by atoms with E-state index in [4.69, 9.17) is 9.47 Å². The fraction of sp³-hybridized carbons (Fsp3) is 0.333. The van der Waals surface area contributed by atoms with Crippen LogP contribution in [0.2, 0.25) is 0 Å². The highest BCUT2D eigenvalue weighted by molar-refractivity contribution is 7.99. The van der Waals surface area contributed by atoms with Crippen LogP contribution in [0.1, 0.15) is 21.5 Å². The number of thioether (sulfide) groups is 1. The molecule has 1 aromatic carbocycles. The summed E-state index contributed by atoms with van der Waals surface area (Å²) in [5.74, 6) is -1.69. The second kappa shape index (κ2) is 7.90. The van der Waals surface area contributed by atoms with E-state index in [0.29, 0.717) is 31.0 Å². The normalized spacial score (nSPS) is 13.5. The molecule has 5 nitrogen and oxygen atoms in total. The van der Waals surface area contributed by atoms with Gasteiger partial charge in [0.1, 0.15) is 5.03 Å². The van der Waals surface area contributed by atoms with Crippen molar-refractivity contribution in [1.82, 2.24) is 9.88 Å². The molecule has 1 amide bonds. The predicted octanol–water partition coefficient (Wildman–Crippen LogP) is 3.61. The van der Waals surface area contributed by atoms with E-state index in [1.54, 1.807) is 25.2 Å². The van der Waals surface area contributed by atoms with Crippen LogP contribution in [0.3, 0.4) is 0 Å². The topological polar surface area (TPSA) is 51.7 Å². The monoisotopic (exact) mass is 380 g/mol. The molecule has 0 spiro atoms. The molecule has 0 atom stereocenters. The van der Waals surface area contributed by atoms with Crippen LogP contribution in [0.15, 0.2) is 35.5 Å². The molecule has 1 aromatic heterocycles. The Kier molecular flexibility index (Phi) is 5.61. The van der Waals surface area contributed by atoms with Crippen molar-refractivity contribution in [3.05, 3.63) is 47.2 Å². The maximum absolute atomic E-state index is 12.9. The lowest BCUT2D eigenvalue weighted by Crippen LogP contribution is -2.36. The summed E-state index contributed by atoms with van der Waals surface area (Å²) in [5.41, 5.74) is 2.23. The molecule has 0 radical (unpaired) electrons. The van der Waals surface area contributed by atoms with Crippen molar-refractivity contribution in [2.24, 2.45) is 0 Å². The SMILES string of the molecule is COc1cc2c(cc1OC)CN(C(=O)c1cccnc1SC(F)F)CC2. The van der Waals surface area contributed by atoms with Crippen LogP contribution in [0, 0.1) is 0 Å². The van der Waals surface area contributed by atoms with Crippen LogP contribution < -0.4 is 9.47 Å². The largest absolute Gasteiger partial charge is 0.493 e. The number of ether oxygens (including phenoxy) is 2. The number of carbonyl (C=O) groups is 1. The second-order valence-corrected chi connectivity index (χ2v) is 6.67. The van der Waals surface area contributed by atoms with Crippen molar-refractivity contribution in [1.29, 1.82) is 0 Å². The summed E-state index contributed by atoms with van der Waals surface area (Å²) in [4.78, 5) is 18.4. The number of rotatable bonds is 5. The molecule has 0 bridgehead atoms. The van der Waals surface area contributed by atoms with Gasteiger partial charge in [0.25, 0.3) is 11.7 Å². The number of alkyl halides is 2. The van der Waals surface area contributed by atoms with E-state index in [2.05, 4.69) is 4.98 Å². The number of fused-ring (bicyclic) bond motifs is 1. The van der Waals surface area contributed by atoms with Crippen molar-refractivity contribution in [2.75, 3.05) is 20.8 Å². The summed E-state index contributed by atoms with van der Waals surface area (Å²) in [6.45, 7) is 0.872. The standard InChI is InChI=1S/C18H18F2N2O3S/c1-24-14-8-11-5-7-22(10-12(11)9-15(14)25-2)17(23)13-4-3-6-21-16(13)26-18(19)20/h3-4,6,8-9,18H,5,7,10H2,1-2H3. The van der Waals surface area contributed by atoms with Crippen LogP contribution in [-0.2, 0) is 13.0 Å². The van der Waals surface area contributed by atoms with E-state index in [1.807, 2.05) is 12.1 Å². The van der Waals surface area contributed by atoms with E-state index < -0.39 is 5.76 Å². The lowest BCUT2D eigenvalue weighted by Gasteiger charge is -2.30. The highest BCUT2D eigenvalue weighted by atomic mass is 32.2. The maximum atomic E-state index is 12.9. The zero-order chi connectivity index (χ0) is 18.7. The number of carbonyl (C=O) groups excluding carboxylic acids is 1. The number of benzene rings is 1. The van der Waals surface area contributed by atoms with Gasteiger partial charge in [0.2, 0.25) is 0 Å². The zero-order valence-corrected chi connectivity index (χ0v) is 15.2. The molecule has 0 saturated carbocycles. The first kappa shape index (κ1) is 18.4. The third-order valence-electron chi connectivity index (χ3n) is 4.21. The van der Waals surface area contributed by atoms with Gasteiger partial charge in [-0.25, -0.2) is 4.98 Å². The van der Waals surface area contributed by atoms with Gasteiger partial charge in [0, 0.05) is 19.3 Å². The van der Waals surface area contributed by atoms with Crippen molar-refractivity contribution in [3.8, 4) is 11.5 Å². The molecule has 138 valence electrons. The zero-order valence-electron chi connectivity index (χ0n) is 14.4. The number of methoxy groups -OCH3 is 2. The molecule has 1 aliphatic heterocycles. The first-order valence-corrected chi connectivity index (χ1v) is 8.84. The summed E-state index contributed by atoms with van der Waals surface area (Å²) >= 11 is 0.286. The molecule has 0 fully saturated rings. The lowest BCUT2D eigenvalue weighted by atomic mass is 9.98. The van der Waals surface area contributed by atoms with Gasteiger partial charge in [-0.3, -0.25) is 4.79 Å². The Labute approximate surface area is 154 Å². The average molecular weight is 380 g/mol. The van der Waals surface area contributed by atoms with Crippen LogP contribution in [0.5, 0.6) is 11.5 Å². The molecule has 2 heterocycles. The molecule has 0 unspecified atom stereocenters. The number of pyridine rings is 1. The number of aromatic nitrogens is 1. The van der Waals surface area contributed by atoms with E-state index >= 15 is 0 Å². The Morgan fingerprint density at radius 2 is 1.92 bits per heavy atom. The second-order valence-electron chi connectivity index (χ2n) is 5.69. The third-order valence-corrected chi connectivity index (χ3v) is 4.93. The van der Waals surface area contributed by atoms with Crippen LogP contribution in [0.25, 0.3) is 0 Å². The Bertz CT molecular complexity index is 817. The van der Waals surface area contributed by atoms with Crippen LogP contribution >= 0.6 is 11.8 Å². The van der Waals surface area contributed by atoms with Gasteiger partial charge in [-0.2, -0.15) is 8.78 Å². The summed E-state index contributed by atoms with van der Waals surface area (Å²) in [6, 6.07) is 6.88. The van der Waals surface area contributed by atoms with Crippen molar-refractivity contribution >= 4 is 17.7 Å². The number of hydrogen-bond acceptors (Lipinski definition) is 5. The molecule has 8 heteroatoms. The van der Waals surface area contributed by atoms with E-state index in [9.17, 15) is 13.6 Å². The highest BCUT2D eigenvalue weighted by Gasteiger charge is 2.26. The Morgan fingerprint density at radius 1 is 1.23 bits per heavy atom. The van der Waals surface area contributed by atoms with Crippen LogP contribution in [-0.4, -0.2) is 42.3 Å². The summed E-state index contributed by atoms with van der Waals surface area (Å²) in [6.07, 6.45) is 2.06. The molecule has 2 aromatic rings. The van der Waals surface area contributed by atoms with Crippen molar-refractivity contribution < 1.29 is 23.0 Å². The van der Waals surface area contributed by atoms with Gasteiger partial charge in [-0.1, -0.05) is 0 Å². The lowest BCUT2D eigenvalue weighted by molar-refractivity contribution is 0.0730. The molecule has 3 rings (SSSR count). The van der Waals surface area contributed by atoms with Gasteiger partial charge < -0.3 is 14.4 Å². The predicted molar refractivity (Wildman–Crippen MR) is 94.1 cm³/mol. The summed E-state index contributed by atoms with van der Waals surface area (Å²) in [7, 11) is 3.13. The van der Waals surface area contributed by atoms with Gasteiger partial charge in [-0.15, -0.1) is 0 Å². The van der Waals surface area contributed by atoms with Gasteiger partial charge in [0.05, 0.1) is 19.8 Å². The molecular weight excluding hydrogens is 362 g/mol. The Hall–Kier alpha value is -2.35. The first-order chi connectivity index (χ1) is 12.5. The molecule has 0 saturated heterocycles. The van der Waals surface area contributed by atoms with Gasteiger partial charge in [0.15, 0.2) is 11.5 Å². The Morgan fingerprint density at radius 3 is 2.58 bits per heavy atom. The minimum absolute atomic E-state index is 0.0469. The summed E-state index contributed by atoms with van der Waals surface area (Å²) < 4.78 is 36.1. The quantitative estimate of drug-likeness (QED) is 0.742. The fourth-order valence-corrected chi connectivity index (χ4v) is 3.53. The minimum Gasteiger partial charge on any atom is -0.493 e. The van der Waals surface area contributed by atoms with E-state index in [1.165, 1.54) is 12.3 Å². The number of nitrogens with zero attached hydrogens (tertiary/aromatic N) is 2. The van der Waals surface area contributed by atoms with Gasteiger partial charge >= 0.3 is 0 Å². The first-order valence-electron chi connectivity index (χ1n) is 7.96. The number of amides is 1. The minimum atomic E-state index is -2.63. The molecule has 1 aliphatic rings. The van der Waals surface area contributed by atoms with E-state index in [-0.39, 0.29) is 28.3 Å². The number of hydrogen-bond donors (Lipinski definition) is 0. The molecule has 0 aliphatic carbocycles. The average Bonchev–Trinajstić information content (AvgIpc) is 2.65. The van der Waals surface area contributed by atoms with E-state index in [0.717, 1.165) is 11.1 Å².